The highest BCUT2D eigenvalue weighted by Gasteiger charge is 2.25. The van der Waals surface area contributed by atoms with Crippen molar-refractivity contribution >= 4 is 27.3 Å². The summed E-state index contributed by atoms with van der Waals surface area (Å²) < 4.78 is 28.3. The van der Waals surface area contributed by atoms with Crippen LogP contribution >= 0.6 is 11.6 Å². The number of rotatable bonds is 6. The summed E-state index contributed by atoms with van der Waals surface area (Å²) in [5.41, 5.74) is 1.73. The molecular weight excluding hydrogens is 310 g/mol. The maximum Gasteiger partial charge on any atom is 0.267 e. The SMILES string of the molecule is CCN(c1ccc(C)cc1)S(=O)(=O)c1cnn(CCCl)c1. The van der Waals surface area contributed by atoms with Gasteiger partial charge in [0.25, 0.3) is 10.0 Å². The second-order valence-electron chi connectivity index (χ2n) is 4.63. The quantitative estimate of drug-likeness (QED) is 0.766. The third kappa shape index (κ3) is 3.39. The Kier molecular flexibility index (Phi) is 4.90. The molecule has 1 aromatic carbocycles. The molecule has 0 bridgehead atoms. The molecule has 0 spiro atoms. The van der Waals surface area contributed by atoms with E-state index in [0.717, 1.165) is 5.56 Å². The summed E-state index contributed by atoms with van der Waals surface area (Å²) in [6.45, 7) is 4.60. The predicted molar refractivity (Wildman–Crippen MR) is 84.3 cm³/mol. The maximum absolute atomic E-state index is 12.7. The molecule has 0 atom stereocenters. The fourth-order valence-corrected chi connectivity index (χ4v) is 3.62. The van der Waals surface area contributed by atoms with E-state index in [1.807, 2.05) is 19.1 Å². The molecule has 1 heterocycles. The highest BCUT2D eigenvalue weighted by Crippen LogP contribution is 2.23. The van der Waals surface area contributed by atoms with Crippen molar-refractivity contribution in [1.82, 2.24) is 9.78 Å². The van der Waals surface area contributed by atoms with E-state index in [-0.39, 0.29) is 4.90 Å². The van der Waals surface area contributed by atoms with Gasteiger partial charge in [-0.2, -0.15) is 5.10 Å². The van der Waals surface area contributed by atoms with E-state index >= 15 is 0 Å². The van der Waals surface area contributed by atoms with Crippen LogP contribution in [0, 0.1) is 6.92 Å². The molecule has 21 heavy (non-hydrogen) atoms. The third-order valence-electron chi connectivity index (χ3n) is 3.12. The largest absolute Gasteiger partial charge is 0.270 e. The molecule has 0 fully saturated rings. The summed E-state index contributed by atoms with van der Waals surface area (Å²) in [4.78, 5) is 0.176. The van der Waals surface area contributed by atoms with E-state index in [2.05, 4.69) is 5.10 Å². The van der Waals surface area contributed by atoms with Crippen molar-refractivity contribution in [2.45, 2.75) is 25.3 Å². The Morgan fingerprint density at radius 1 is 1.29 bits per heavy atom. The highest BCUT2D eigenvalue weighted by molar-refractivity contribution is 7.92. The van der Waals surface area contributed by atoms with Crippen molar-refractivity contribution in [3.05, 3.63) is 42.2 Å². The topological polar surface area (TPSA) is 55.2 Å². The highest BCUT2D eigenvalue weighted by atomic mass is 35.5. The number of hydrogen-bond acceptors (Lipinski definition) is 3. The number of alkyl halides is 1. The third-order valence-corrected chi connectivity index (χ3v) is 5.15. The number of nitrogens with zero attached hydrogens (tertiary/aromatic N) is 3. The zero-order chi connectivity index (χ0) is 15.5. The van der Waals surface area contributed by atoms with Crippen LogP contribution < -0.4 is 4.31 Å². The number of halogens is 1. The normalized spacial score (nSPS) is 11.6. The molecule has 0 unspecified atom stereocenters. The van der Waals surface area contributed by atoms with Crippen LogP contribution in [0.1, 0.15) is 12.5 Å². The molecule has 2 rings (SSSR count). The number of anilines is 1. The van der Waals surface area contributed by atoms with E-state index in [0.29, 0.717) is 24.7 Å². The zero-order valence-corrected chi connectivity index (χ0v) is 13.6. The lowest BCUT2D eigenvalue weighted by Gasteiger charge is -2.22. The Morgan fingerprint density at radius 3 is 2.52 bits per heavy atom. The first-order valence-corrected chi connectivity index (χ1v) is 8.64. The molecule has 0 aliphatic heterocycles. The van der Waals surface area contributed by atoms with Gasteiger partial charge in [-0.3, -0.25) is 8.99 Å². The average molecular weight is 328 g/mol. The first-order valence-electron chi connectivity index (χ1n) is 6.67. The molecule has 2 aromatic rings. The van der Waals surface area contributed by atoms with Gasteiger partial charge in [0.05, 0.1) is 18.4 Å². The number of aryl methyl sites for hydroxylation is 2. The Hall–Kier alpha value is -1.53. The predicted octanol–water partition coefficient (Wildman–Crippen LogP) is 2.65. The standard InChI is InChI=1S/C14H18ClN3O2S/c1-3-18(13-6-4-12(2)5-7-13)21(19,20)14-10-16-17(11-14)9-8-15/h4-7,10-11H,3,8-9H2,1-2H3. The van der Waals surface area contributed by atoms with Crippen LogP contribution in [0.15, 0.2) is 41.6 Å². The molecule has 0 radical (unpaired) electrons. The Labute approximate surface area is 130 Å². The van der Waals surface area contributed by atoms with Crippen LogP contribution in [0.3, 0.4) is 0 Å². The van der Waals surface area contributed by atoms with Crippen LogP contribution in [0.25, 0.3) is 0 Å². The van der Waals surface area contributed by atoms with Crippen molar-refractivity contribution in [3.63, 3.8) is 0 Å². The maximum atomic E-state index is 12.7. The molecule has 114 valence electrons. The second-order valence-corrected chi connectivity index (χ2v) is 6.87. The summed E-state index contributed by atoms with van der Waals surface area (Å²) in [6, 6.07) is 7.40. The van der Waals surface area contributed by atoms with Gasteiger partial charge in [0.2, 0.25) is 0 Å². The molecule has 0 saturated heterocycles. The molecule has 5 nitrogen and oxygen atoms in total. The first kappa shape index (κ1) is 15.9. The summed E-state index contributed by atoms with van der Waals surface area (Å²) in [5.74, 6) is 0.386. The van der Waals surface area contributed by atoms with Crippen molar-refractivity contribution in [2.75, 3.05) is 16.7 Å². The van der Waals surface area contributed by atoms with Gasteiger partial charge in [-0.1, -0.05) is 17.7 Å². The summed E-state index contributed by atoms with van der Waals surface area (Å²) in [7, 11) is -3.61. The molecule has 7 heteroatoms. The summed E-state index contributed by atoms with van der Waals surface area (Å²) in [5, 5.41) is 4.02. The molecule has 0 aliphatic rings. The van der Waals surface area contributed by atoms with Gasteiger partial charge in [-0.15, -0.1) is 11.6 Å². The van der Waals surface area contributed by atoms with E-state index in [1.54, 1.807) is 19.1 Å². The van der Waals surface area contributed by atoms with Gasteiger partial charge in [-0.05, 0) is 26.0 Å². The molecule has 0 saturated carbocycles. The van der Waals surface area contributed by atoms with E-state index in [9.17, 15) is 8.42 Å². The Bertz CT molecular complexity index is 695. The van der Waals surface area contributed by atoms with Crippen molar-refractivity contribution < 1.29 is 8.42 Å². The van der Waals surface area contributed by atoms with Crippen LogP contribution in [-0.2, 0) is 16.6 Å². The molecule has 0 N–H and O–H groups in total. The molecule has 0 amide bonds. The van der Waals surface area contributed by atoms with E-state index in [4.69, 9.17) is 11.6 Å². The van der Waals surface area contributed by atoms with Gasteiger partial charge in [0.15, 0.2) is 0 Å². The van der Waals surface area contributed by atoms with Crippen LogP contribution in [0.2, 0.25) is 0 Å². The lowest BCUT2D eigenvalue weighted by atomic mass is 10.2. The smallest absolute Gasteiger partial charge is 0.267 e. The van der Waals surface area contributed by atoms with Crippen molar-refractivity contribution in [3.8, 4) is 0 Å². The number of aromatic nitrogens is 2. The van der Waals surface area contributed by atoms with Crippen LogP contribution in [0.5, 0.6) is 0 Å². The van der Waals surface area contributed by atoms with Crippen molar-refractivity contribution in [2.24, 2.45) is 0 Å². The monoisotopic (exact) mass is 327 g/mol. The van der Waals surface area contributed by atoms with Crippen LogP contribution in [-0.4, -0.2) is 30.6 Å². The minimum atomic E-state index is -3.61. The fourth-order valence-electron chi connectivity index (χ4n) is 2.02. The lowest BCUT2D eigenvalue weighted by molar-refractivity contribution is 0.591. The zero-order valence-electron chi connectivity index (χ0n) is 12.0. The number of benzene rings is 1. The Morgan fingerprint density at radius 2 is 1.95 bits per heavy atom. The minimum absolute atomic E-state index is 0.176. The minimum Gasteiger partial charge on any atom is -0.270 e. The van der Waals surface area contributed by atoms with E-state index < -0.39 is 10.0 Å². The number of hydrogen-bond donors (Lipinski definition) is 0. The summed E-state index contributed by atoms with van der Waals surface area (Å²) >= 11 is 5.64. The van der Waals surface area contributed by atoms with Gasteiger partial charge in [0, 0.05) is 18.6 Å². The van der Waals surface area contributed by atoms with Crippen LogP contribution in [0.4, 0.5) is 5.69 Å². The fraction of sp³-hybridized carbons (Fsp3) is 0.357. The Balaban J connectivity index is 2.36. The molecule has 1 aromatic heterocycles. The second kappa shape index (κ2) is 6.49. The summed E-state index contributed by atoms with van der Waals surface area (Å²) in [6.07, 6.45) is 2.87. The lowest BCUT2D eigenvalue weighted by Crippen LogP contribution is -2.30. The molecular formula is C14H18ClN3O2S. The van der Waals surface area contributed by atoms with Crippen molar-refractivity contribution in [1.29, 1.82) is 0 Å². The number of sulfonamides is 1. The van der Waals surface area contributed by atoms with Gasteiger partial charge in [-0.25, -0.2) is 8.42 Å². The first-order chi connectivity index (χ1) is 9.98. The van der Waals surface area contributed by atoms with E-state index in [1.165, 1.54) is 21.4 Å². The van der Waals surface area contributed by atoms with Gasteiger partial charge in [0.1, 0.15) is 4.90 Å². The van der Waals surface area contributed by atoms with Gasteiger partial charge >= 0.3 is 0 Å². The van der Waals surface area contributed by atoms with Gasteiger partial charge < -0.3 is 0 Å². The molecule has 0 aliphatic carbocycles. The average Bonchev–Trinajstić information content (AvgIpc) is 2.91.